The van der Waals surface area contributed by atoms with Gasteiger partial charge in [0.25, 0.3) is 0 Å². The number of phenols is 1. The Bertz CT molecular complexity index is 1730. The molecular formula is C38H44O8. The van der Waals surface area contributed by atoms with Crippen molar-refractivity contribution in [2.24, 2.45) is 11.8 Å². The van der Waals surface area contributed by atoms with Crippen LogP contribution in [0.3, 0.4) is 0 Å². The zero-order chi connectivity index (χ0) is 33.6. The van der Waals surface area contributed by atoms with E-state index in [9.17, 15) is 24.6 Å². The van der Waals surface area contributed by atoms with Crippen molar-refractivity contribution in [3.05, 3.63) is 69.4 Å². The number of aromatic hydroxyl groups is 1. The van der Waals surface area contributed by atoms with E-state index >= 15 is 0 Å². The van der Waals surface area contributed by atoms with E-state index in [1.807, 2.05) is 52.8 Å². The number of hydrogen-bond donors (Lipinski definition) is 2. The van der Waals surface area contributed by atoms with Gasteiger partial charge in [0.1, 0.15) is 28.4 Å². The summed E-state index contributed by atoms with van der Waals surface area (Å²) in [5.41, 5.74) is -0.952. The van der Waals surface area contributed by atoms with E-state index in [4.69, 9.17) is 14.2 Å². The molecule has 7 rings (SSSR count). The Morgan fingerprint density at radius 2 is 1.70 bits per heavy atom. The van der Waals surface area contributed by atoms with E-state index in [0.29, 0.717) is 41.7 Å². The Morgan fingerprint density at radius 1 is 1.00 bits per heavy atom. The van der Waals surface area contributed by atoms with Gasteiger partial charge < -0.3 is 24.4 Å². The number of carboxylic acids is 1. The fraction of sp³-hybridized carbons (Fsp3) is 0.500. The first kappa shape index (κ1) is 32.0. The van der Waals surface area contributed by atoms with Crippen LogP contribution in [0.4, 0.5) is 0 Å². The van der Waals surface area contributed by atoms with Crippen LogP contribution in [0.25, 0.3) is 6.08 Å². The molecule has 1 spiro atoms. The van der Waals surface area contributed by atoms with Crippen LogP contribution in [-0.2, 0) is 20.7 Å². The number of benzene rings is 1. The van der Waals surface area contributed by atoms with Crippen LogP contribution in [0.5, 0.6) is 17.2 Å². The molecule has 4 unspecified atom stereocenters. The fourth-order valence-electron chi connectivity index (χ4n) is 8.17. The smallest absolute Gasteiger partial charge is 0.330 e. The summed E-state index contributed by atoms with van der Waals surface area (Å²) < 4.78 is 20.6. The number of aliphatic carboxylic acids is 1. The predicted octanol–water partition coefficient (Wildman–Crippen LogP) is 7.24. The molecule has 6 aliphatic rings. The largest absolute Gasteiger partial charge is 0.506 e. The third-order valence-corrected chi connectivity index (χ3v) is 10.5. The second-order valence-corrected chi connectivity index (χ2v) is 14.8. The number of allylic oxidation sites excluding steroid dienone is 5. The Hall–Kier alpha value is -3.91. The minimum Gasteiger partial charge on any atom is -0.506 e. The van der Waals surface area contributed by atoms with Gasteiger partial charge >= 0.3 is 5.97 Å². The SMILES string of the molecule is CC(C)=CCC[C@]1(C)C=Cc2c(O)c3c(c(CC=C(C)C)c2O1)OC12C(=CC4CC1C(C)(C)OC2(C/C=C(\C)C(=O)O)C4=O)C3=O. The average molecular weight is 629 g/mol. The summed E-state index contributed by atoms with van der Waals surface area (Å²) in [5, 5.41) is 21.4. The molecule has 244 valence electrons. The van der Waals surface area contributed by atoms with Crippen LogP contribution in [0.15, 0.2) is 52.7 Å². The molecule has 1 aromatic carbocycles. The van der Waals surface area contributed by atoms with Gasteiger partial charge in [0.15, 0.2) is 22.8 Å². The van der Waals surface area contributed by atoms with Gasteiger partial charge in [-0.25, -0.2) is 4.79 Å². The topological polar surface area (TPSA) is 119 Å². The number of ether oxygens (including phenoxy) is 3. The van der Waals surface area contributed by atoms with Crippen molar-refractivity contribution in [1.29, 1.82) is 0 Å². The Balaban J connectivity index is 1.59. The summed E-state index contributed by atoms with van der Waals surface area (Å²) in [6.45, 7) is 15.4. The monoisotopic (exact) mass is 628 g/mol. The summed E-state index contributed by atoms with van der Waals surface area (Å²) in [6.07, 6.45) is 13.4. The standard InChI is InChI=1S/C38H44O8/c1-20(2)10-9-15-36(8)16-14-24-29(39)28-30(40)26-18-23-19-27-35(6,7)46-37(33(23)41,17-13-22(5)34(42)43)38(26,27)45-32(28)25(31(24)44-36)12-11-21(3)4/h10-11,13-14,16,18,23,27,39H,9,12,15,17,19H2,1-8H3,(H,42,43)/b22-13+/t23?,27?,36-,37?,38?/m1/s1. The molecule has 1 aromatic rings. The van der Waals surface area contributed by atoms with E-state index in [1.165, 1.54) is 18.6 Å². The molecule has 3 heterocycles. The molecule has 1 saturated carbocycles. The fourth-order valence-corrected chi connectivity index (χ4v) is 8.17. The van der Waals surface area contributed by atoms with Crippen molar-refractivity contribution in [2.45, 2.75) is 110 Å². The van der Waals surface area contributed by atoms with Gasteiger partial charge in [-0.05, 0) is 93.2 Å². The highest BCUT2D eigenvalue weighted by Crippen LogP contribution is 2.68. The molecule has 2 fully saturated rings. The molecule has 8 heteroatoms. The second kappa shape index (κ2) is 10.6. The maximum Gasteiger partial charge on any atom is 0.330 e. The summed E-state index contributed by atoms with van der Waals surface area (Å²) in [6, 6.07) is 0. The Morgan fingerprint density at radius 3 is 2.35 bits per heavy atom. The van der Waals surface area contributed by atoms with Crippen LogP contribution in [-0.4, -0.2) is 50.2 Å². The van der Waals surface area contributed by atoms with Crippen molar-refractivity contribution in [1.82, 2.24) is 0 Å². The van der Waals surface area contributed by atoms with Gasteiger partial charge in [-0.3, -0.25) is 9.59 Å². The van der Waals surface area contributed by atoms with E-state index in [2.05, 4.69) is 19.9 Å². The number of Topliss-reactive ketones (excluding diaryl/α,β-unsaturated/α-hetero) is 2. The van der Waals surface area contributed by atoms with Crippen molar-refractivity contribution >= 4 is 23.6 Å². The van der Waals surface area contributed by atoms with E-state index in [0.717, 1.165) is 12.0 Å². The van der Waals surface area contributed by atoms with Crippen LogP contribution in [0.2, 0.25) is 0 Å². The third-order valence-electron chi connectivity index (χ3n) is 10.5. The summed E-state index contributed by atoms with van der Waals surface area (Å²) in [4.78, 5) is 40.8. The number of rotatable bonds is 8. The third kappa shape index (κ3) is 4.47. The van der Waals surface area contributed by atoms with Gasteiger partial charge in [0, 0.05) is 35.0 Å². The number of hydrogen-bond acceptors (Lipinski definition) is 7. The maximum atomic E-state index is 14.7. The van der Waals surface area contributed by atoms with Crippen molar-refractivity contribution in [3.8, 4) is 17.2 Å². The number of fused-ring (bicyclic) bond motifs is 2. The van der Waals surface area contributed by atoms with E-state index in [-0.39, 0.29) is 40.8 Å². The molecule has 0 amide bonds. The number of ketones is 2. The van der Waals surface area contributed by atoms with Crippen LogP contribution < -0.4 is 9.47 Å². The minimum atomic E-state index is -1.63. The van der Waals surface area contributed by atoms with Gasteiger partial charge in [0.2, 0.25) is 0 Å². The first-order valence-corrected chi connectivity index (χ1v) is 16.2. The normalized spacial score (nSPS) is 31.2. The molecule has 46 heavy (non-hydrogen) atoms. The quantitative estimate of drug-likeness (QED) is 0.228. The summed E-state index contributed by atoms with van der Waals surface area (Å²) in [5.74, 6) is -2.28. The minimum absolute atomic E-state index is 0.0544. The van der Waals surface area contributed by atoms with Crippen molar-refractivity contribution in [3.63, 3.8) is 0 Å². The lowest BCUT2D eigenvalue weighted by atomic mass is 9.51. The number of carboxylic acid groups (broad SMARTS) is 1. The molecule has 0 radical (unpaired) electrons. The van der Waals surface area contributed by atoms with E-state index in [1.54, 1.807) is 6.08 Å². The molecule has 1 saturated heterocycles. The molecule has 2 N–H and O–H groups in total. The number of carbonyl (C=O) groups excluding carboxylic acids is 2. The zero-order valence-electron chi connectivity index (χ0n) is 28.0. The number of phenolic OH excluding ortho intramolecular Hbond substituents is 1. The van der Waals surface area contributed by atoms with Gasteiger partial charge in [0.05, 0.1) is 11.2 Å². The number of carbonyl (C=O) groups is 3. The summed E-state index contributed by atoms with van der Waals surface area (Å²) in [7, 11) is 0. The average Bonchev–Trinajstić information content (AvgIpc) is 3.12. The second-order valence-electron chi connectivity index (χ2n) is 14.8. The summed E-state index contributed by atoms with van der Waals surface area (Å²) >= 11 is 0. The first-order valence-electron chi connectivity index (χ1n) is 16.2. The molecule has 8 nitrogen and oxygen atoms in total. The van der Waals surface area contributed by atoms with Gasteiger partial charge in [-0.15, -0.1) is 0 Å². The van der Waals surface area contributed by atoms with E-state index < -0.39 is 40.1 Å². The van der Waals surface area contributed by atoms with Crippen LogP contribution in [0, 0.1) is 11.8 Å². The molecule has 5 atom stereocenters. The lowest BCUT2D eigenvalue weighted by molar-refractivity contribution is -0.171. The highest BCUT2D eigenvalue weighted by Gasteiger charge is 2.81. The molecule has 0 aromatic heterocycles. The molecule has 3 aliphatic heterocycles. The van der Waals surface area contributed by atoms with Crippen molar-refractivity contribution < 1.29 is 38.8 Å². The highest BCUT2D eigenvalue weighted by atomic mass is 16.6. The first-order chi connectivity index (χ1) is 21.5. The zero-order valence-corrected chi connectivity index (χ0v) is 28.0. The highest BCUT2D eigenvalue weighted by molar-refractivity contribution is 6.19. The maximum absolute atomic E-state index is 14.7. The Kier molecular flexibility index (Phi) is 7.36. The molecule has 3 aliphatic carbocycles. The Labute approximate surface area is 270 Å². The molecular weight excluding hydrogens is 584 g/mol. The van der Waals surface area contributed by atoms with Crippen LogP contribution >= 0.6 is 0 Å². The predicted molar refractivity (Wildman–Crippen MR) is 174 cm³/mol. The van der Waals surface area contributed by atoms with Gasteiger partial charge in [-0.1, -0.05) is 35.5 Å². The van der Waals surface area contributed by atoms with Crippen molar-refractivity contribution in [2.75, 3.05) is 0 Å². The molecule has 4 bridgehead atoms. The van der Waals surface area contributed by atoms with Gasteiger partial charge in [-0.2, -0.15) is 0 Å². The lowest BCUT2D eigenvalue weighted by Crippen LogP contribution is -2.72. The lowest BCUT2D eigenvalue weighted by Gasteiger charge is -2.56. The van der Waals surface area contributed by atoms with Crippen LogP contribution in [0.1, 0.15) is 103 Å².